The van der Waals surface area contributed by atoms with E-state index in [0.29, 0.717) is 17.1 Å². The molecule has 0 bridgehead atoms. The Morgan fingerprint density at radius 1 is 1.21 bits per heavy atom. The van der Waals surface area contributed by atoms with E-state index in [1.165, 1.54) is 6.92 Å². The molecule has 0 spiro atoms. The number of rotatable bonds is 7. The Bertz CT molecular complexity index is 1010. The van der Waals surface area contributed by atoms with Crippen LogP contribution in [0.25, 0.3) is 10.9 Å². The first kappa shape index (κ1) is 20.9. The Morgan fingerprint density at radius 3 is 2.59 bits per heavy atom. The molecule has 0 radical (unpaired) electrons. The van der Waals surface area contributed by atoms with Crippen LogP contribution in [0.5, 0.6) is 0 Å². The molecule has 2 atom stereocenters. The van der Waals surface area contributed by atoms with Crippen LogP contribution in [-0.2, 0) is 22.6 Å². The Hall–Kier alpha value is -2.83. The second-order valence-electron chi connectivity index (χ2n) is 6.81. The number of aliphatic hydroxyl groups excluding tert-OH is 1. The predicted molar refractivity (Wildman–Crippen MR) is 112 cm³/mol. The van der Waals surface area contributed by atoms with Gasteiger partial charge in [-0.1, -0.05) is 48.9 Å². The van der Waals surface area contributed by atoms with E-state index >= 15 is 0 Å². The smallest absolute Gasteiger partial charge is 0.331 e. The van der Waals surface area contributed by atoms with E-state index in [-0.39, 0.29) is 6.61 Å². The van der Waals surface area contributed by atoms with Gasteiger partial charge in [0.25, 0.3) is 5.91 Å². The number of hydrogen-bond acceptors (Lipinski definition) is 4. The van der Waals surface area contributed by atoms with Crippen LogP contribution in [0.1, 0.15) is 35.5 Å². The maximum absolute atomic E-state index is 12.9. The van der Waals surface area contributed by atoms with Gasteiger partial charge in [-0.15, -0.1) is 0 Å². The van der Waals surface area contributed by atoms with Gasteiger partial charge in [0.1, 0.15) is 12.3 Å². The van der Waals surface area contributed by atoms with E-state index in [1.807, 2.05) is 37.3 Å². The second kappa shape index (κ2) is 9.11. The van der Waals surface area contributed by atoms with Crippen molar-refractivity contribution in [1.29, 1.82) is 0 Å². The number of amides is 1. The molecule has 1 aromatic heterocycles. The summed E-state index contributed by atoms with van der Waals surface area (Å²) in [4.78, 5) is 28.4. The molecule has 152 valence electrons. The number of carbonyl (C=O) groups is 2. The summed E-state index contributed by atoms with van der Waals surface area (Å²) in [6.07, 6.45) is -0.521. The lowest BCUT2D eigenvalue weighted by molar-refractivity contribution is -0.150. The summed E-state index contributed by atoms with van der Waals surface area (Å²) in [5, 5.41) is 14.1. The number of benzene rings is 2. The van der Waals surface area contributed by atoms with Crippen LogP contribution in [0, 0.1) is 0 Å². The molecule has 3 aromatic rings. The third-order valence-electron chi connectivity index (χ3n) is 4.70. The number of nitrogens with one attached hydrogen (secondary N) is 2. The largest absolute Gasteiger partial charge is 0.459 e. The van der Waals surface area contributed by atoms with Crippen molar-refractivity contribution in [2.75, 3.05) is 0 Å². The lowest BCUT2D eigenvalue weighted by atomic mass is 10.1. The third-order valence-corrected chi connectivity index (χ3v) is 4.93. The van der Waals surface area contributed by atoms with Crippen molar-refractivity contribution in [1.82, 2.24) is 10.3 Å². The van der Waals surface area contributed by atoms with E-state index in [4.69, 9.17) is 16.3 Å². The van der Waals surface area contributed by atoms with E-state index in [9.17, 15) is 14.7 Å². The van der Waals surface area contributed by atoms with Crippen LogP contribution in [-0.4, -0.2) is 34.1 Å². The minimum absolute atomic E-state index is 0.0594. The van der Waals surface area contributed by atoms with Crippen molar-refractivity contribution in [3.05, 3.63) is 70.4 Å². The molecule has 1 unspecified atom stereocenters. The number of aliphatic hydroxyl groups is 1. The number of aromatic nitrogens is 1. The number of carbonyl (C=O) groups excluding carboxylic acids is 2. The van der Waals surface area contributed by atoms with Gasteiger partial charge in [-0.3, -0.25) is 4.79 Å². The quantitative estimate of drug-likeness (QED) is 0.515. The Balaban J connectivity index is 1.77. The Labute approximate surface area is 173 Å². The summed E-state index contributed by atoms with van der Waals surface area (Å²) in [6, 6.07) is 13.3. The summed E-state index contributed by atoms with van der Waals surface area (Å²) in [5.74, 6) is -1.19. The fourth-order valence-electron chi connectivity index (χ4n) is 3.19. The number of H-pyrrole nitrogens is 1. The van der Waals surface area contributed by atoms with Gasteiger partial charge in [0.15, 0.2) is 6.04 Å². The van der Waals surface area contributed by atoms with Crippen LogP contribution in [0.15, 0.2) is 48.5 Å². The molecule has 0 aliphatic carbocycles. The molecule has 1 heterocycles. The monoisotopic (exact) mass is 414 g/mol. The average Bonchev–Trinajstić information content (AvgIpc) is 3.08. The maximum Gasteiger partial charge on any atom is 0.331 e. The highest BCUT2D eigenvalue weighted by Gasteiger charge is 2.29. The molecule has 0 aliphatic heterocycles. The van der Waals surface area contributed by atoms with E-state index in [1.54, 1.807) is 18.2 Å². The van der Waals surface area contributed by atoms with Crippen LogP contribution >= 0.6 is 11.6 Å². The Kier molecular flexibility index (Phi) is 6.56. The van der Waals surface area contributed by atoms with E-state index in [0.717, 1.165) is 22.0 Å². The number of hydrogen-bond donors (Lipinski definition) is 3. The van der Waals surface area contributed by atoms with Gasteiger partial charge in [0.2, 0.25) is 0 Å². The lowest BCUT2D eigenvalue weighted by Crippen LogP contribution is -2.48. The van der Waals surface area contributed by atoms with Gasteiger partial charge >= 0.3 is 5.97 Å². The minimum atomic E-state index is -1.19. The zero-order chi connectivity index (χ0) is 21.0. The molecule has 0 saturated heterocycles. The summed E-state index contributed by atoms with van der Waals surface area (Å²) in [6.45, 7) is 3.42. The molecule has 0 aliphatic rings. The molecular formula is C22H23ClN2O4. The number of halogens is 1. The number of aromatic amines is 1. The fraction of sp³-hybridized carbons (Fsp3) is 0.273. The predicted octanol–water partition coefficient (Wildman–Crippen LogP) is 3.61. The molecular weight excluding hydrogens is 392 g/mol. The van der Waals surface area contributed by atoms with Crippen molar-refractivity contribution in [3.8, 4) is 0 Å². The van der Waals surface area contributed by atoms with Crippen LogP contribution in [0.3, 0.4) is 0 Å². The lowest BCUT2D eigenvalue weighted by Gasteiger charge is -2.20. The highest BCUT2D eigenvalue weighted by Crippen LogP contribution is 2.26. The minimum Gasteiger partial charge on any atom is -0.459 e. The van der Waals surface area contributed by atoms with Gasteiger partial charge in [-0.2, -0.15) is 0 Å². The summed E-state index contributed by atoms with van der Waals surface area (Å²) in [5.41, 5.74) is 2.72. The van der Waals surface area contributed by atoms with Crippen LogP contribution < -0.4 is 5.32 Å². The average molecular weight is 415 g/mol. The second-order valence-corrected chi connectivity index (χ2v) is 7.24. The van der Waals surface area contributed by atoms with E-state index in [2.05, 4.69) is 10.3 Å². The molecule has 3 N–H and O–H groups in total. The van der Waals surface area contributed by atoms with Crippen LogP contribution in [0.2, 0.25) is 5.02 Å². The molecule has 7 heteroatoms. The first-order valence-corrected chi connectivity index (χ1v) is 9.78. The number of ether oxygens (including phenoxy) is 1. The SMILES string of the molecule is CCc1c(C(=O)N[C@@H](C(=O)OCc2ccccc2)C(C)O)[nH]c2ccc(Cl)cc12. The van der Waals surface area contributed by atoms with Gasteiger partial charge in [-0.25, -0.2) is 4.79 Å². The highest BCUT2D eigenvalue weighted by molar-refractivity contribution is 6.31. The van der Waals surface area contributed by atoms with Gasteiger partial charge in [0, 0.05) is 15.9 Å². The number of fused-ring (bicyclic) bond motifs is 1. The van der Waals surface area contributed by atoms with Crippen molar-refractivity contribution in [2.24, 2.45) is 0 Å². The maximum atomic E-state index is 12.9. The summed E-state index contributed by atoms with van der Waals surface area (Å²) in [7, 11) is 0. The highest BCUT2D eigenvalue weighted by atomic mass is 35.5. The molecule has 6 nitrogen and oxygen atoms in total. The zero-order valence-corrected chi connectivity index (χ0v) is 17.0. The molecule has 3 rings (SSSR count). The summed E-state index contributed by atoms with van der Waals surface area (Å²) < 4.78 is 5.28. The van der Waals surface area contributed by atoms with E-state index < -0.39 is 24.0 Å². The zero-order valence-electron chi connectivity index (χ0n) is 16.2. The van der Waals surface area contributed by atoms with Crippen molar-refractivity contribution >= 4 is 34.4 Å². The molecule has 1 amide bonds. The van der Waals surface area contributed by atoms with Crippen molar-refractivity contribution in [2.45, 2.75) is 39.0 Å². The van der Waals surface area contributed by atoms with Crippen LogP contribution in [0.4, 0.5) is 0 Å². The third kappa shape index (κ3) is 4.78. The first-order valence-electron chi connectivity index (χ1n) is 9.40. The molecule has 0 saturated carbocycles. The van der Waals surface area contributed by atoms with Crippen molar-refractivity contribution in [3.63, 3.8) is 0 Å². The molecule has 0 fully saturated rings. The van der Waals surface area contributed by atoms with Gasteiger partial charge in [-0.05, 0) is 42.7 Å². The fourth-order valence-corrected chi connectivity index (χ4v) is 3.36. The standard InChI is InChI=1S/C22H23ClN2O4/c1-3-16-17-11-15(23)9-10-18(17)24-20(16)21(27)25-19(13(2)26)22(28)29-12-14-7-5-4-6-8-14/h4-11,13,19,24,26H,3,12H2,1-2H3,(H,25,27)/t13?,19-/m1/s1. The molecule has 2 aromatic carbocycles. The molecule has 29 heavy (non-hydrogen) atoms. The first-order chi connectivity index (χ1) is 13.9. The summed E-state index contributed by atoms with van der Waals surface area (Å²) >= 11 is 6.08. The normalized spacial score (nSPS) is 13.1. The number of aryl methyl sites for hydroxylation is 1. The Morgan fingerprint density at radius 2 is 1.93 bits per heavy atom. The van der Waals surface area contributed by atoms with Gasteiger partial charge in [0.05, 0.1) is 6.10 Å². The van der Waals surface area contributed by atoms with Crippen molar-refractivity contribution < 1.29 is 19.4 Å². The van der Waals surface area contributed by atoms with Gasteiger partial charge < -0.3 is 20.1 Å². The topological polar surface area (TPSA) is 91.4 Å². The number of esters is 1.